The van der Waals surface area contributed by atoms with Crippen molar-refractivity contribution in [3.05, 3.63) is 35.0 Å². The minimum absolute atomic E-state index is 0.388. The summed E-state index contributed by atoms with van der Waals surface area (Å²) >= 11 is 0. The van der Waals surface area contributed by atoms with Gasteiger partial charge >= 0.3 is 5.97 Å². The van der Waals surface area contributed by atoms with Crippen molar-refractivity contribution in [2.75, 3.05) is 0 Å². The Morgan fingerprint density at radius 3 is 3.05 bits per heavy atom. The largest absolute Gasteiger partial charge is 0.478 e. The minimum Gasteiger partial charge on any atom is -0.478 e. The van der Waals surface area contributed by atoms with Gasteiger partial charge in [0, 0.05) is 11.1 Å². The summed E-state index contributed by atoms with van der Waals surface area (Å²) in [6, 6.07) is 5.56. The van der Waals surface area contributed by atoms with Crippen LogP contribution >= 0.6 is 0 Å². The first kappa shape index (κ1) is 12.3. The van der Waals surface area contributed by atoms with Gasteiger partial charge in [-0.15, -0.1) is 0 Å². The predicted octanol–water partition coefficient (Wildman–Crippen LogP) is 3.77. The van der Waals surface area contributed by atoms with Crippen molar-refractivity contribution in [3.63, 3.8) is 0 Å². The second-order valence-electron chi connectivity index (χ2n) is 5.51. The Balaban J connectivity index is 2.08. The molecule has 0 amide bonds. The number of benzene rings is 1. The zero-order chi connectivity index (χ0) is 13.4. The van der Waals surface area contributed by atoms with Gasteiger partial charge in [0.15, 0.2) is 0 Å². The Bertz CT molecular complexity index is 627. The monoisotopic (exact) mass is 257 g/mol. The topological polar surface area (TPSA) is 53.1 Å². The van der Waals surface area contributed by atoms with Gasteiger partial charge in [0.1, 0.15) is 0 Å². The molecule has 0 radical (unpaired) electrons. The maximum atomic E-state index is 11.3. The number of aromatic carboxylic acids is 1. The van der Waals surface area contributed by atoms with Crippen LogP contribution < -0.4 is 0 Å². The summed E-state index contributed by atoms with van der Waals surface area (Å²) in [4.78, 5) is 14.6. The normalized spacial score (nSPS) is 18.5. The molecular weight excluding hydrogens is 238 g/mol. The molecule has 0 saturated carbocycles. The van der Waals surface area contributed by atoms with Crippen molar-refractivity contribution in [2.45, 2.75) is 39.0 Å². The maximum absolute atomic E-state index is 11.3. The zero-order valence-corrected chi connectivity index (χ0v) is 11.2. The summed E-state index contributed by atoms with van der Waals surface area (Å²) in [5.74, 6) is -0.104. The van der Waals surface area contributed by atoms with Crippen LogP contribution in [0, 0.1) is 5.92 Å². The van der Waals surface area contributed by atoms with Crippen LogP contribution in [0.1, 0.15) is 47.8 Å². The van der Waals surface area contributed by atoms with Crippen LogP contribution in [-0.2, 0) is 12.8 Å². The van der Waals surface area contributed by atoms with E-state index in [1.54, 1.807) is 6.07 Å². The maximum Gasteiger partial charge on any atom is 0.337 e. The first-order valence-corrected chi connectivity index (χ1v) is 7.06. The molecule has 0 aliphatic heterocycles. The van der Waals surface area contributed by atoms with E-state index in [2.05, 4.69) is 11.9 Å². The van der Waals surface area contributed by atoms with Crippen molar-refractivity contribution >= 4 is 16.9 Å². The molecule has 1 aromatic carbocycles. The lowest BCUT2D eigenvalue weighted by atomic mass is 9.84. The highest BCUT2D eigenvalue weighted by Gasteiger charge is 2.23. The highest BCUT2D eigenvalue weighted by Crippen LogP contribution is 2.34. The van der Waals surface area contributed by atoms with E-state index >= 15 is 0 Å². The van der Waals surface area contributed by atoms with E-state index in [0.29, 0.717) is 5.56 Å². The molecule has 0 fully saturated rings. The van der Waals surface area contributed by atoms with Gasteiger partial charge in [0.25, 0.3) is 0 Å². The standard InChI is InChI=1S/C16H19NO2/c1-2-4-10-7-8-11-12-5-3-6-13(16(18)19)15(12)17-14(11)9-10/h3,5-6,10,17H,2,4,7-9H2,1H3,(H,18,19). The van der Waals surface area contributed by atoms with Gasteiger partial charge in [0.05, 0.1) is 11.1 Å². The van der Waals surface area contributed by atoms with Gasteiger partial charge in [-0.1, -0.05) is 31.9 Å². The molecule has 1 heterocycles. The van der Waals surface area contributed by atoms with Gasteiger partial charge < -0.3 is 10.1 Å². The third-order valence-electron chi connectivity index (χ3n) is 4.25. The molecule has 0 bridgehead atoms. The first-order valence-electron chi connectivity index (χ1n) is 7.06. The number of aryl methyl sites for hydroxylation is 1. The van der Waals surface area contributed by atoms with E-state index in [1.165, 1.54) is 30.5 Å². The lowest BCUT2D eigenvalue weighted by molar-refractivity contribution is 0.0699. The molecule has 3 rings (SSSR count). The Hall–Kier alpha value is -1.77. The SMILES string of the molecule is CCCC1CCc2c([nH]c3c(C(=O)O)cccc23)C1. The predicted molar refractivity (Wildman–Crippen MR) is 75.7 cm³/mol. The Morgan fingerprint density at radius 2 is 2.32 bits per heavy atom. The van der Waals surface area contributed by atoms with Crippen molar-refractivity contribution in [1.82, 2.24) is 4.98 Å². The fourth-order valence-corrected chi connectivity index (χ4v) is 3.36. The number of hydrogen-bond donors (Lipinski definition) is 2. The van der Waals surface area contributed by atoms with Crippen molar-refractivity contribution in [2.24, 2.45) is 5.92 Å². The van der Waals surface area contributed by atoms with Crippen molar-refractivity contribution in [1.29, 1.82) is 0 Å². The molecular formula is C16H19NO2. The van der Waals surface area contributed by atoms with Crippen LogP contribution in [0.3, 0.4) is 0 Å². The fraction of sp³-hybridized carbons (Fsp3) is 0.438. The third-order valence-corrected chi connectivity index (χ3v) is 4.25. The highest BCUT2D eigenvalue weighted by molar-refractivity contribution is 6.03. The molecule has 2 aromatic rings. The quantitative estimate of drug-likeness (QED) is 0.879. The summed E-state index contributed by atoms with van der Waals surface area (Å²) in [5, 5.41) is 10.4. The zero-order valence-electron chi connectivity index (χ0n) is 11.2. The van der Waals surface area contributed by atoms with Crippen LogP contribution in [0.5, 0.6) is 0 Å². The van der Waals surface area contributed by atoms with Gasteiger partial charge in [-0.25, -0.2) is 4.79 Å². The van der Waals surface area contributed by atoms with Gasteiger partial charge in [0.2, 0.25) is 0 Å². The summed E-state index contributed by atoms with van der Waals surface area (Å²) in [6.45, 7) is 2.23. The number of hydrogen-bond acceptors (Lipinski definition) is 1. The molecule has 1 aromatic heterocycles. The van der Waals surface area contributed by atoms with Crippen LogP contribution in [0.25, 0.3) is 10.9 Å². The molecule has 0 spiro atoms. The first-order chi connectivity index (χ1) is 9.20. The number of aromatic nitrogens is 1. The number of carboxylic acid groups (broad SMARTS) is 1. The van der Waals surface area contributed by atoms with Crippen molar-refractivity contribution < 1.29 is 9.90 Å². The second-order valence-corrected chi connectivity index (χ2v) is 5.51. The highest BCUT2D eigenvalue weighted by atomic mass is 16.4. The van der Waals surface area contributed by atoms with Crippen LogP contribution in [-0.4, -0.2) is 16.1 Å². The lowest BCUT2D eigenvalue weighted by Crippen LogP contribution is -2.13. The molecule has 1 unspecified atom stereocenters. The van der Waals surface area contributed by atoms with Gasteiger partial charge in [-0.05, 0) is 36.8 Å². The molecule has 1 aliphatic carbocycles. The number of para-hydroxylation sites is 1. The van der Waals surface area contributed by atoms with Crippen LogP contribution in [0.2, 0.25) is 0 Å². The fourth-order valence-electron chi connectivity index (χ4n) is 3.36. The van der Waals surface area contributed by atoms with E-state index in [9.17, 15) is 9.90 Å². The van der Waals surface area contributed by atoms with Crippen LogP contribution in [0.15, 0.2) is 18.2 Å². The molecule has 0 saturated heterocycles. The minimum atomic E-state index is -0.852. The molecule has 100 valence electrons. The van der Waals surface area contributed by atoms with Crippen molar-refractivity contribution in [3.8, 4) is 0 Å². The number of H-pyrrole nitrogens is 1. The second kappa shape index (κ2) is 4.72. The van der Waals surface area contributed by atoms with E-state index in [1.807, 2.05) is 12.1 Å². The Kier molecular flexibility index (Phi) is 3.05. The molecule has 1 atom stereocenters. The number of carboxylic acids is 1. The summed E-state index contributed by atoms with van der Waals surface area (Å²) in [6.07, 6.45) is 5.85. The summed E-state index contributed by atoms with van der Waals surface area (Å²) in [7, 11) is 0. The van der Waals surface area contributed by atoms with E-state index < -0.39 is 5.97 Å². The summed E-state index contributed by atoms with van der Waals surface area (Å²) in [5.41, 5.74) is 3.79. The van der Waals surface area contributed by atoms with E-state index in [-0.39, 0.29) is 0 Å². The third kappa shape index (κ3) is 2.03. The number of carbonyl (C=O) groups is 1. The van der Waals surface area contributed by atoms with Crippen LogP contribution in [0.4, 0.5) is 0 Å². The number of nitrogens with one attached hydrogen (secondary N) is 1. The summed E-state index contributed by atoms with van der Waals surface area (Å²) < 4.78 is 0. The average molecular weight is 257 g/mol. The smallest absolute Gasteiger partial charge is 0.337 e. The molecule has 19 heavy (non-hydrogen) atoms. The molecule has 3 heteroatoms. The number of aromatic amines is 1. The molecule has 1 aliphatic rings. The van der Waals surface area contributed by atoms with E-state index in [4.69, 9.17) is 0 Å². The number of fused-ring (bicyclic) bond motifs is 3. The van der Waals surface area contributed by atoms with E-state index in [0.717, 1.165) is 29.7 Å². The molecule has 3 nitrogen and oxygen atoms in total. The van der Waals surface area contributed by atoms with Gasteiger partial charge in [-0.3, -0.25) is 0 Å². The Labute approximate surface area is 112 Å². The Morgan fingerprint density at radius 1 is 1.47 bits per heavy atom. The van der Waals surface area contributed by atoms with Gasteiger partial charge in [-0.2, -0.15) is 0 Å². The molecule has 2 N–H and O–H groups in total. The lowest BCUT2D eigenvalue weighted by Gasteiger charge is -2.21. The number of rotatable bonds is 3. The average Bonchev–Trinajstić information content (AvgIpc) is 2.76.